The predicted molar refractivity (Wildman–Crippen MR) is 265 cm³/mol. The topological polar surface area (TPSA) is 3.24 Å². The molecule has 0 aromatic heterocycles. The van der Waals surface area contributed by atoms with Gasteiger partial charge in [-0.1, -0.05) is 190 Å². The number of hydrogen-bond donors (Lipinski definition) is 0. The lowest BCUT2D eigenvalue weighted by atomic mass is 9.81. The van der Waals surface area contributed by atoms with E-state index in [4.69, 9.17) is 0 Å². The third-order valence-electron chi connectivity index (χ3n) is 13.5. The van der Waals surface area contributed by atoms with Crippen molar-refractivity contribution >= 4 is 60.2 Å². The molecule has 0 spiro atoms. The van der Waals surface area contributed by atoms with E-state index < -0.39 is 0 Å². The third-order valence-corrected chi connectivity index (χ3v) is 13.5. The first kappa shape index (κ1) is 36.1. The minimum absolute atomic E-state index is 0.0549. The maximum atomic E-state index is 2.44. The Morgan fingerprint density at radius 1 is 0.290 bits per heavy atom. The first-order chi connectivity index (χ1) is 30.5. The fraction of sp³-hybridized carbons (Fsp3) is 0.0492. The maximum absolute atomic E-state index is 2.44. The number of rotatable bonds is 6. The van der Waals surface area contributed by atoms with Crippen molar-refractivity contribution < 1.29 is 0 Å². The average molecular weight is 790 g/mol. The first-order valence-electron chi connectivity index (χ1n) is 21.7. The van der Waals surface area contributed by atoms with Crippen LogP contribution in [0.5, 0.6) is 0 Å². The van der Waals surface area contributed by atoms with Gasteiger partial charge in [0.15, 0.2) is 0 Å². The smallest absolute Gasteiger partial charge is 0.0540 e. The van der Waals surface area contributed by atoms with E-state index in [2.05, 4.69) is 243 Å². The van der Waals surface area contributed by atoms with Gasteiger partial charge in [-0.25, -0.2) is 0 Å². The molecule has 0 atom stereocenters. The Hall–Kier alpha value is -7.74. The van der Waals surface area contributed by atoms with Crippen LogP contribution in [-0.4, -0.2) is 0 Å². The van der Waals surface area contributed by atoms with Crippen LogP contribution in [0.1, 0.15) is 25.0 Å². The summed E-state index contributed by atoms with van der Waals surface area (Å²) in [6.45, 7) is 4.71. The summed E-state index contributed by atoms with van der Waals surface area (Å²) in [5, 5.41) is 10.1. The minimum atomic E-state index is -0.0549. The molecule has 0 aliphatic heterocycles. The molecule has 0 saturated carbocycles. The number of nitrogens with zero attached hydrogens (tertiary/aromatic N) is 1. The van der Waals surface area contributed by atoms with E-state index in [9.17, 15) is 0 Å². The van der Waals surface area contributed by atoms with Crippen molar-refractivity contribution in [3.8, 4) is 44.5 Å². The zero-order valence-corrected chi connectivity index (χ0v) is 34.8. The van der Waals surface area contributed by atoms with Crippen LogP contribution in [0.15, 0.2) is 224 Å². The standard InChI is InChI=1S/C61H43N/c1-61(2)58-25-13-11-23-53(58)54-36-31-42(39-59(54)61)40-27-32-45(33-28-40)62(46-34-29-41(30-35-46)56-37-43-15-3-5-17-47(43)49-19-7-9-21-51(49)56)60-26-14-12-24-55(60)57-38-44-16-4-6-18-48(44)50-20-8-10-22-52(50)57/h3-39H,1-2H3. The van der Waals surface area contributed by atoms with Crippen LogP contribution < -0.4 is 4.90 Å². The molecule has 1 aliphatic rings. The Morgan fingerprint density at radius 3 is 1.39 bits per heavy atom. The van der Waals surface area contributed by atoms with Crippen LogP contribution in [0.2, 0.25) is 0 Å². The lowest BCUT2D eigenvalue weighted by molar-refractivity contribution is 0.660. The number of fused-ring (bicyclic) bond motifs is 9. The molecule has 0 amide bonds. The van der Waals surface area contributed by atoms with Gasteiger partial charge in [-0.05, 0) is 142 Å². The van der Waals surface area contributed by atoms with Crippen LogP contribution in [0.3, 0.4) is 0 Å². The van der Waals surface area contributed by atoms with E-state index >= 15 is 0 Å². The van der Waals surface area contributed by atoms with Gasteiger partial charge in [0, 0.05) is 22.4 Å². The molecule has 0 radical (unpaired) electrons. The predicted octanol–water partition coefficient (Wildman–Crippen LogP) is 17.1. The molecule has 292 valence electrons. The van der Waals surface area contributed by atoms with Crippen molar-refractivity contribution in [1.29, 1.82) is 0 Å². The molecule has 12 rings (SSSR count). The second-order valence-corrected chi connectivity index (χ2v) is 17.3. The first-order valence-corrected chi connectivity index (χ1v) is 21.7. The summed E-state index contributed by atoms with van der Waals surface area (Å²) < 4.78 is 0. The van der Waals surface area contributed by atoms with Gasteiger partial charge in [0.05, 0.1) is 5.69 Å². The summed E-state index contributed by atoms with van der Waals surface area (Å²) in [5.74, 6) is 0. The van der Waals surface area contributed by atoms with Crippen LogP contribution >= 0.6 is 0 Å². The Balaban J connectivity index is 1.01. The van der Waals surface area contributed by atoms with E-state index in [1.54, 1.807) is 0 Å². The second kappa shape index (κ2) is 14.2. The molecule has 62 heavy (non-hydrogen) atoms. The maximum Gasteiger partial charge on any atom is 0.0540 e. The molecule has 0 N–H and O–H groups in total. The fourth-order valence-electron chi connectivity index (χ4n) is 10.4. The molecule has 11 aromatic carbocycles. The normalized spacial score (nSPS) is 12.8. The number of hydrogen-bond acceptors (Lipinski definition) is 1. The van der Waals surface area contributed by atoms with Crippen LogP contribution in [0.4, 0.5) is 17.1 Å². The van der Waals surface area contributed by atoms with Crippen molar-refractivity contribution in [3.05, 3.63) is 236 Å². The molecular formula is C61H43N. The van der Waals surface area contributed by atoms with E-state index in [0.29, 0.717) is 0 Å². The summed E-state index contributed by atoms with van der Waals surface area (Å²) in [7, 11) is 0. The van der Waals surface area contributed by atoms with Gasteiger partial charge < -0.3 is 4.90 Å². The summed E-state index contributed by atoms with van der Waals surface area (Å²) in [6, 6.07) is 83.0. The fourth-order valence-corrected chi connectivity index (χ4v) is 10.4. The van der Waals surface area contributed by atoms with Crippen LogP contribution in [0.25, 0.3) is 87.6 Å². The van der Waals surface area contributed by atoms with Crippen LogP contribution in [-0.2, 0) is 5.41 Å². The molecule has 0 fully saturated rings. The van der Waals surface area contributed by atoms with Gasteiger partial charge in [-0.2, -0.15) is 0 Å². The lowest BCUT2D eigenvalue weighted by Crippen LogP contribution is -2.14. The zero-order valence-electron chi connectivity index (χ0n) is 34.8. The number of anilines is 3. The van der Waals surface area contributed by atoms with Gasteiger partial charge in [-0.3, -0.25) is 0 Å². The molecule has 1 nitrogen and oxygen atoms in total. The Morgan fingerprint density at radius 2 is 0.742 bits per heavy atom. The van der Waals surface area contributed by atoms with Gasteiger partial charge in [0.2, 0.25) is 0 Å². The Kier molecular flexibility index (Phi) is 8.27. The van der Waals surface area contributed by atoms with Gasteiger partial charge in [0.1, 0.15) is 0 Å². The van der Waals surface area contributed by atoms with Crippen molar-refractivity contribution in [2.75, 3.05) is 4.90 Å². The molecule has 0 heterocycles. The van der Waals surface area contributed by atoms with Crippen LogP contribution in [0, 0.1) is 0 Å². The molecule has 1 aliphatic carbocycles. The zero-order chi connectivity index (χ0) is 41.4. The highest BCUT2D eigenvalue weighted by molar-refractivity contribution is 6.16. The largest absolute Gasteiger partial charge is 0.310 e. The van der Waals surface area contributed by atoms with E-state index in [-0.39, 0.29) is 5.41 Å². The molecule has 11 aromatic rings. The van der Waals surface area contributed by atoms with Crippen molar-refractivity contribution in [2.24, 2.45) is 0 Å². The monoisotopic (exact) mass is 789 g/mol. The van der Waals surface area contributed by atoms with E-state index in [1.807, 2.05) is 0 Å². The summed E-state index contributed by atoms with van der Waals surface area (Å²) in [6.07, 6.45) is 0. The highest BCUT2D eigenvalue weighted by atomic mass is 15.1. The summed E-state index contributed by atoms with van der Waals surface area (Å²) >= 11 is 0. The number of para-hydroxylation sites is 1. The molecule has 1 heteroatoms. The second-order valence-electron chi connectivity index (χ2n) is 17.3. The van der Waals surface area contributed by atoms with E-state index in [1.165, 1.54) is 98.7 Å². The Bertz CT molecular complexity index is 3540. The van der Waals surface area contributed by atoms with Gasteiger partial charge >= 0.3 is 0 Å². The highest BCUT2D eigenvalue weighted by Crippen LogP contribution is 2.50. The van der Waals surface area contributed by atoms with Crippen molar-refractivity contribution in [3.63, 3.8) is 0 Å². The summed E-state index contributed by atoms with van der Waals surface area (Å²) in [5.41, 5.74) is 16.0. The van der Waals surface area contributed by atoms with Gasteiger partial charge in [-0.15, -0.1) is 0 Å². The SMILES string of the molecule is CC1(C)c2ccccc2-c2ccc(-c3ccc(N(c4ccc(-c5cc6ccccc6c6ccccc56)cc4)c4ccccc4-c4cc5ccccc5c5ccccc45)cc3)cc21. The summed E-state index contributed by atoms with van der Waals surface area (Å²) in [4.78, 5) is 2.44. The quantitative estimate of drug-likeness (QED) is 0.152. The van der Waals surface area contributed by atoms with E-state index in [0.717, 1.165) is 17.1 Å². The van der Waals surface area contributed by atoms with Gasteiger partial charge in [0.25, 0.3) is 0 Å². The molecule has 0 bridgehead atoms. The number of benzene rings is 11. The minimum Gasteiger partial charge on any atom is -0.310 e. The average Bonchev–Trinajstić information content (AvgIpc) is 3.57. The Labute approximate surface area is 362 Å². The highest BCUT2D eigenvalue weighted by Gasteiger charge is 2.35. The third kappa shape index (κ3) is 5.70. The van der Waals surface area contributed by atoms with Crippen molar-refractivity contribution in [2.45, 2.75) is 19.3 Å². The lowest BCUT2D eigenvalue weighted by Gasteiger charge is -2.29. The molecule has 0 saturated heterocycles. The molecular weight excluding hydrogens is 747 g/mol. The molecule has 0 unspecified atom stereocenters. The van der Waals surface area contributed by atoms with Crippen molar-refractivity contribution in [1.82, 2.24) is 0 Å².